The van der Waals surface area contributed by atoms with Gasteiger partial charge in [-0.3, -0.25) is 9.88 Å². The minimum absolute atomic E-state index is 0.0369. The first-order valence-electron chi connectivity index (χ1n) is 9.72. The molecule has 30 heavy (non-hydrogen) atoms. The maximum absolute atomic E-state index is 15.0. The SMILES string of the molecule is COC(=O)N1CCN(Cc2cccc(NC(=O)Nc3ccnc(C)c3)c2F)CC1C. The normalized spacial score (nSPS) is 16.8. The van der Waals surface area contributed by atoms with Gasteiger partial charge in [-0.05, 0) is 32.0 Å². The van der Waals surface area contributed by atoms with E-state index in [1.165, 1.54) is 13.2 Å². The van der Waals surface area contributed by atoms with Gasteiger partial charge in [-0.2, -0.15) is 0 Å². The van der Waals surface area contributed by atoms with Gasteiger partial charge in [-0.15, -0.1) is 0 Å². The highest BCUT2D eigenvalue weighted by molar-refractivity contribution is 5.99. The van der Waals surface area contributed by atoms with Gasteiger partial charge in [0.1, 0.15) is 0 Å². The molecule has 2 heterocycles. The number of anilines is 2. The van der Waals surface area contributed by atoms with Crippen LogP contribution in [-0.2, 0) is 11.3 Å². The number of carbonyl (C=O) groups is 2. The van der Waals surface area contributed by atoms with Gasteiger partial charge in [0.2, 0.25) is 0 Å². The van der Waals surface area contributed by atoms with Crippen molar-refractivity contribution in [2.75, 3.05) is 37.4 Å². The van der Waals surface area contributed by atoms with E-state index in [0.717, 1.165) is 5.69 Å². The molecule has 1 aromatic heterocycles. The Labute approximate surface area is 175 Å². The Hall–Kier alpha value is -3.20. The van der Waals surface area contributed by atoms with Gasteiger partial charge in [0.15, 0.2) is 5.82 Å². The molecule has 9 heteroatoms. The quantitative estimate of drug-likeness (QED) is 0.799. The molecule has 2 aromatic rings. The second-order valence-electron chi connectivity index (χ2n) is 7.29. The van der Waals surface area contributed by atoms with Crippen molar-refractivity contribution in [2.45, 2.75) is 26.4 Å². The number of rotatable bonds is 4. The molecule has 2 N–H and O–H groups in total. The summed E-state index contributed by atoms with van der Waals surface area (Å²) in [5.41, 5.74) is 1.93. The number of ether oxygens (including phenoxy) is 1. The fourth-order valence-corrected chi connectivity index (χ4v) is 3.51. The molecule has 3 amide bonds. The molecule has 8 nitrogen and oxygen atoms in total. The summed E-state index contributed by atoms with van der Waals surface area (Å²) in [6, 6.07) is 7.74. The zero-order valence-corrected chi connectivity index (χ0v) is 17.3. The highest BCUT2D eigenvalue weighted by atomic mass is 19.1. The number of pyridine rings is 1. The number of nitrogens with zero attached hydrogens (tertiary/aromatic N) is 3. The average Bonchev–Trinajstić information content (AvgIpc) is 2.70. The van der Waals surface area contributed by atoms with Gasteiger partial charge < -0.3 is 20.3 Å². The third-order valence-electron chi connectivity index (χ3n) is 5.00. The van der Waals surface area contributed by atoms with Gasteiger partial charge in [0, 0.05) is 55.4 Å². The average molecular weight is 415 g/mol. The van der Waals surface area contributed by atoms with Crippen LogP contribution < -0.4 is 10.6 Å². The maximum atomic E-state index is 15.0. The molecule has 1 aliphatic heterocycles. The molecule has 3 rings (SSSR count). The molecule has 1 unspecified atom stereocenters. The Morgan fingerprint density at radius 2 is 2.07 bits per heavy atom. The summed E-state index contributed by atoms with van der Waals surface area (Å²) < 4.78 is 19.8. The zero-order chi connectivity index (χ0) is 21.7. The number of piperazine rings is 1. The van der Waals surface area contributed by atoms with Crippen molar-refractivity contribution in [3.05, 3.63) is 53.6 Å². The van der Waals surface area contributed by atoms with E-state index in [1.54, 1.807) is 35.4 Å². The number of aromatic nitrogens is 1. The minimum Gasteiger partial charge on any atom is -0.453 e. The molecular formula is C21H26FN5O3. The summed E-state index contributed by atoms with van der Waals surface area (Å²) in [7, 11) is 1.36. The van der Waals surface area contributed by atoms with Gasteiger partial charge in [-0.25, -0.2) is 14.0 Å². The van der Waals surface area contributed by atoms with Crippen molar-refractivity contribution in [1.29, 1.82) is 0 Å². The third-order valence-corrected chi connectivity index (χ3v) is 5.00. The number of methoxy groups -OCH3 is 1. The van der Waals surface area contributed by atoms with Crippen LogP contribution in [0.1, 0.15) is 18.2 Å². The second-order valence-corrected chi connectivity index (χ2v) is 7.29. The molecule has 1 fully saturated rings. The van der Waals surface area contributed by atoms with E-state index in [4.69, 9.17) is 4.74 Å². The van der Waals surface area contributed by atoms with Crippen molar-refractivity contribution < 1.29 is 18.7 Å². The van der Waals surface area contributed by atoms with Crippen LogP contribution in [0.25, 0.3) is 0 Å². The number of benzene rings is 1. The summed E-state index contributed by atoms with van der Waals surface area (Å²) in [6.07, 6.45) is 1.24. The number of hydrogen-bond acceptors (Lipinski definition) is 5. The van der Waals surface area contributed by atoms with Crippen molar-refractivity contribution >= 4 is 23.5 Å². The van der Waals surface area contributed by atoms with Gasteiger partial charge in [-0.1, -0.05) is 12.1 Å². The highest BCUT2D eigenvalue weighted by Crippen LogP contribution is 2.22. The van der Waals surface area contributed by atoms with Crippen LogP contribution in [0, 0.1) is 12.7 Å². The smallest absolute Gasteiger partial charge is 0.409 e. The summed E-state index contributed by atoms with van der Waals surface area (Å²) in [4.78, 5) is 31.8. The van der Waals surface area contributed by atoms with Crippen molar-refractivity contribution in [3.8, 4) is 0 Å². The van der Waals surface area contributed by atoms with Gasteiger partial charge in [0.25, 0.3) is 0 Å². The Morgan fingerprint density at radius 1 is 1.27 bits per heavy atom. The van der Waals surface area contributed by atoms with Crippen LogP contribution in [0.5, 0.6) is 0 Å². The maximum Gasteiger partial charge on any atom is 0.409 e. The van der Waals surface area contributed by atoms with Gasteiger partial charge >= 0.3 is 12.1 Å². The van der Waals surface area contributed by atoms with Crippen molar-refractivity contribution in [2.24, 2.45) is 0 Å². The van der Waals surface area contributed by atoms with Gasteiger partial charge in [0.05, 0.1) is 12.8 Å². The van der Waals surface area contributed by atoms with Crippen LogP contribution in [0.4, 0.5) is 25.4 Å². The van der Waals surface area contributed by atoms with E-state index < -0.39 is 11.8 Å². The molecule has 160 valence electrons. The molecule has 1 aromatic carbocycles. The molecule has 0 saturated carbocycles. The predicted octanol–water partition coefficient (Wildman–Crippen LogP) is 3.45. The molecule has 0 aliphatic carbocycles. The Kier molecular flexibility index (Phi) is 6.83. The number of urea groups is 1. The number of carbonyl (C=O) groups excluding carboxylic acids is 2. The first-order valence-corrected chi connectivity index (χ1v) is 9.72. The number of aryl methyl sites for hydroxylation is 1. The molecular weight excluding hydrogens is 389 g/mol. The lowest BCUT2D eigenvalue weighted by Gasteiger charge is -2.39. The second kappa shape index (κ2) is 9.53. The lowest BCUT2D eigenvalue weighted by atomic mass is 10.1. The highest BCUT2D eigenvalue weighted by Gasteiger charge is 2.28. The minimum atomic E-state index is -0.531. The number of hydrogen-bond donors (Lipinski definition) is 2. The third kappa shape index (κ3) is 5.24. The first kappa shape index (κ1) is 21.5. The predicted molar refractivity (Wildman–Crippen MR) is 112 cm³/mol. The molecule has 1 aliphatic rings. The lowest BCUT2D eigenvalue weighted by molar-refractivity contribution is 0.0601. The van der Waals surface area contributed by atoms with Crippen molar-refractivity contribution in [3.63, 3.8) is 0 Å². The summed E-state index contributed by atoms with van der Waals surface area (Å²) >= 11 is 0. The number of amides is 3. The van der Waals surface area contributed by atoms with Crippen LogP contribution in [0.3, 0.4) is 0 Å². The monoisotopic (exact) mass is 415 g/mol. The largest absolute Gasteiger partial charge is 0.453 e. The van der Waals surface area contributed by atoms with E-state index in [2.05, 4.69) is 20.5 Å². The Morgan fingerprint density at radius 3 is 2.77 bits per heavy atom. The topological polar surface area (TPSA) is 86.8 Å². The van der Waals surface area contributed by atoms with E-state index in [0.29, 0.717) is 37.4 Å². The van der Waals surface area contributed by atoms with Crippen LogP contribution in [0.2, 0.25) is 0 Å². The first-order chi connectivity index (χ1) is 14.4. The summed E-state index contributed by atoms with van der Waals surface area (Å²) in [5.74, 6) is -0.471. The van der Waals surface area contributed by atoms with Crippen molar-refractivity contribution in [1.82, 2.24) is 14.8 Å². The van der Waals surface area contributed by atoms with Crippen LogP contribution in [-0.4, -0.2) is 59.7 Å². The van der Waals surface area contributed by atoms with E-state index in [-0.39, 0.29) is 17.8 Å². The fraction of sp³-hybridized carbons (Fsp3) is 0.381. The standard InChI is InChI=1S/C21H26FN5O3/c1-14-11-17(7-8-23-14)24-20(28)25-18-6-4-5-16(19(18)22)13-26-9-10-27(15(2)12-26)21(29)30-3/h4-8,11,15H,9-10,12-13H2,1-3H3,(H2,23,24,25,28). The summed E-state index contributed by atoms with van der Waals surface area (Å²) in [6.45, 7) is 5.86. The van der Waals surface area contributed by atoms with E-state index >= 15 is 0 Å². The Bertz CT molecular complexity index is 923. The summed E-state index contributed by atoms with van der Waals surface area (Å²) in [5, 5.41) is 5.23. The van der Waals surface area contributed by atoms with Crippen LogP contribution in [0.15, 0.2) is 36.5 Å². The lowest BCUT2D eigenvalue weighted by Crippen LogP contribution is -2.53. The number of halogens is 1. The fourth-order valence-electron chi connectivity index (χ4n) is 3.51. The molecule has 0 bridgehead atoms. The molecule has 0 spiro atoms. The zero-order valence-electron chi connectivity index (χ0n) is 17.3. The van der Waals surface area contributed by atoms with E-state index in [9.17, 15) is 14.0 Å². The van der Waals surface area contributed by atoms with E-state index in [1.807, 2.05) is 13.8 Å². The Balaban J connectivity index is 1.62. The van der Waals surface area contributed by atoms with Crippen LogP contribution >= 0.6 is 0 Å². The number of nitrogens with one attached hydrogen (secondary N) is 2. The molecule has 1 atom stereocenters. The molecule has 0 radical (unpaired) electrons. The molecule has 1 saturated heterocycles.